The van der Waals surface area contributed by atoms with E-state index in [4.69, 9.17) is 15.5 Å². The fourth-order valence-electron chi connectivity index (χ4n) is 4.86. The molecule has 8 nitrogen and oxygen atoms in total. The van der Waals surface area contributed by atoms with Gasteiger partial charge in [0.05, 0.1) is 5.92 Å². The van der Waals surface area contributed by atoms with Crippen molar-refractivity contribution in [2.24, 2.45) is 11.7 Å². The number of allylic oxidation sites excluding steroid dienone is 1. The molecule has 0 bridgehead atoms. The van der Waals surface area contributed by atoms with Gasteiger partial charge in [0.2, 0.25) is 5.91 Å². The van der Waals surface area contributed by atoms with Gasteiger partial charge in [0, 0.05) is 36.3 Å². The van der Waals surface area contributed by atoms with Crippen molar-refractivity contribution in [1.29, 1.82) is 0 Å². The molecule has 0 spiro atoms. The zero-order valence-electron chi connectivity index (χ0n) is 20.6. The van der Waals surface area contributed by atoms with Gasteiger partial charge in [-0.2, -0.15) is 0 Å². The van der Waals surface area contributed by atoms with Gasteiger partial charge >= 0.3 is 0 Å². The molecule has 1 aliphatic rings. The van der Waals surface area contributed by atoms with Crippen LogP contribution in [0.2, 0.25) is 0 Å². The fourth-order valence-corrected chi connectivity index (χ4v) is 4.86. The summed E-state index contributed by atoms with van der Waals surface area (Å²) < 4.78 is 20.5. The summed E-state index contributed by atoms with van der Waals surface area (Å²) in [5, 5.41) is 3.12. The molecule has 9 heteroatoms. The normalized spacial score (nSPS) is 16.5. The first-order valence-electron chi connectivity index (χ1n) is 12.2. The van der Waals surface area contributed by atoms with Gasteiger partial charge in [-0.3, -0.25) is 14.7 Å². The van der Waals surface area contributed by atoms with E-state index >= 15 is 0 Å². The minimum atomic E-state index is -0.606. The minimum absolute atomic E-state index is 0.0953. The van der Waals surface area contributed by atoms with Crippen LogP contribution in [-0.4, -0.2) is 44.4 Å². The van der Waals surface area contributed by atoms with E-state index in [9.17, 15) is 14.0 Å². The predicted molar refractivity (Wildman–Crippen MR) is 138 cm³/mol. The van der Waals surface area contributed by atoms with E-state index in [-0.39, 0.29) is 29.3 Å². The molecule has 3 N–H and O–H groups in total. The van der Waals surface area contributed by atoms with Gasteiger partial charge in [0.25, 0.3) is 5.91 Å². The van der Waals surface area contributed by atoms with Crippen LogP contribution in [0.5, 0.6) is 11.5 Å². The molecule has 1 aliphatic heterocycles. The van der Waals surface area contributed by atoms with Gasteiger partial charge in [0.15, 0.2) is 11.3 Å². The van der Waals surface area contributed by atoms with Crippen molar-refractivity contribution in [2.75, 3.05) is 13.1 Å². The molecule has 0 aliphatic carbocycles. The summed E-state index contributed by atoms with van der Waals surface area (Å²) in [5.74, 6) is 0.169. The Hall–Kier alpha value is -4.40. The van der Waals surface area contributed by atoms with E-state index in [0.717, 1.165) is 12.0 Å². The lowest BCUT2D eigenvalue weighted by molar-refractivity contribution is -0.132. The van der Waals surface area contributed by atoms with Gasteiger partial charge in [-0.25, -0.2) is 13.9 Å². The summed E-state index contributed by atoms with van der Waals surface area (Å²) in [6.07, 6.45) is 6.45. The number of fused-ring (bicyclic) bond motifs is 1. The highest BCUT2D eigenvalue weighted by molar-refractivity contribution is 5.98. The number of likely N-dealkylation sites (tertiary alicyclic amines) is 1. The number of aromatic nitrogens is 3. The number of nitrogens with one attached hydrogen (secondary N) is 1. The number of nitrogens with two attached hydrogens (primary N) is 1. The molecule has 190 valence electrons. The zero-order chi connectivity index (χ0) is 26.1. The van der Waals surface area contributed by atoms with Crippen LogP contribution in [0.15, 0.2) is 66.9 Å². The predicted octanol–water partition coefficient (Wildman–Crippen LogP) is 4.89. The number of hydrogen-bond donors (Lipinski definition) is 2. The second kappa shape index (κ2) is 9.93. The molecule has 2 aromatic heterocycles. The van der Waals surface area contributed by atoms with Crippen LogP contribution in [0.4, 0.5) is 4.39 Å². The number of nitrogens with zero attached hydrogens (tertiary/aromatic N) is 3. The Labute approximate surface area is 213 Å². The second-order valence-corrected chi connectivity index (χ2v) is 9.23. The number of primary amides is 1. The summed E-state index contributed by atoms with van der Waals surface area (Å²) in [4.78, 5) is 31.9. The lowest BCUT2D eigenvalue weighted by Gasteiger charge is -2.19. The van der Waals surface area contributed by atoms with E-state index in [1.54, 1.807) is 40.9 Å². The first-order valence-corrected chi connectivity index (χ1v) is 12.2. The molecule has 2 atom stereocenters. The molecular formula is C28H28FN5O3. The van der Waals surface area contributed by atoms with Crippen molar-refractivity contribution in [1.82, 2.24) is 19.5 Å². The van der Waals surface area contributed by atoms with Gasteiger partial charge < -0.3 is 15.4 Å². The van der Waals surface area contributed by atoms with Crippen molar-refractivity contribution >= 4 is 17.5 Å². The first kappa shape index (κ1) is 24.3. The third-order valence-corrected chi connectivity index (χ3v) is 6.71. The molecule has 2 unspecified atom stereocenters. The average molecular weight is 502 g/mol. The van der Waals surface area contributed by atoms with Crippen LogP contribution < -0.4 is 10.5 Å². The third kappa shape index (κ3) is 4.72. The van der Waals surface area contributed by atoms with E-state index in [0.29, 0.717) is 41.5 Å². The monoisotopic (exact) mass is 501 g/mol. The van der Waals surface area contributed by atoms with Gasteiger partial charge in [-0.05, 0) is 61.9 Å². The highest BCUT2D eigenvalue weighted by Crippen LogP contribution is 2.34. The average Bonchev–Trinajstić information content (AvgIpc) is 3.61. The second-order valence-electron chi connectivity index (χ2n) is 9.23. The lowest BCUT2D eigenvalue weighted by Crippen LogP contribution is -2.32. The summed E-state index contributed by atoms with van der Waals surface area (Å²) in [6, 6.07) is 12.9. The van der Waals surface area contributed by atoms with Gasteiger partial charge in [0.1, 0.15) is 23.0 Å². The third-order valence-electron chi connectivity index (χ3n) is 6.71. The summed E-state index contributed by atoms with van der Waals surface area (Å²) in [5.41, 5.74) is 8.74. The van der Waals surface area contributed by atoms with E-state index in [2.05, 4.69) is 5.10 Å². The van der Waals surface area contributed by atoms with Crippen molar-refractivity contribution in [3.8, 4) is 22.8 Å². The molecule has 0 radical (unpaired) electrons. The largest absolute Gasteiger partial charge is 0.457 e. The summed E-state index contributed by atoms with van der Waals surface area (Å²) in [6.45, 7) is 5.08. The highest BCUT2D eigenvalue weighted by atomic mass is 19.1. The summed E-state index contributed by atoms with van der Waals surface area (Å²) >= 11 is 0. The quantitative estimate of drug-likeness (QED) is 0.352. The lowest BCUT2D eigenvalue weighted by atomic mass is 10.0. The maximum absolute atomic E-state index is 13.1. The molecule has 1 saturated heterocycles. The Bertz CT molecular complexity index is 1470. The van der Waals surface area contributed by atoms with E-state index in [1.165, 1.54) is 12.1 Å². The molecule has 37 heavy (non-hydrogen) atoms. The number of halogens is 1. The Morgan fingerprint density at radius 2 is 1.84 bits per heavy atom. The number of H-pyrrole nitrogens is 1. The van der Waals surface area contributed by atoms with Crippen molar-refractivity contribution in [2.45, 2.75) is 26.2 Å². The number of imidazole rings is 1. The SMILES string of the molecule is C/C=C/C(C)C(=O)N1CCC(c2c[nH]n3c(C(N)=O)c(-c4ccc(Oc5ccc(F)cc5)cc4)nc23)C1. The Morgan fingerprint density at radius 1 is 1.16 bits per heavy atom. The van der Waals surface area contributed by atoms with Crippen molar-refractivity contribution in [3.63, 3.8) is 0 Å². The number of benzene rings is 2. The molecule has 0 saturated carbocycles. The molecule has 2 amide bonds. The summed E-state index contributed by atoms with van der Waals surface area (Å²) in [7, 11) is 0. The van der Waals surface area contributed by atoms with Crippen LogP contribution in [0, 0.1) is 11.7 Å². The van der Waals surface area contributed by atoms with Crippen LogP contribution in [0.3, 0.4) is 0 Å². The number of ether oxygens (including phenoxy) is 1. The number of aromatic amines is 1. The number of rotatable bonds is 7. The molecule has 3 heterocycles. The minimum Gasteiger partial charge on any atom is -0.457 e. The molecule has 5 rings (SSSR count). The molecular weight excluding hydrogens is 473 g/mol. The number of hydrogen-bond acceptors (Lipinski definition) is 4. The fraction of sp³-hybridized carbons (Fsp3) is 0.250. The van der Waals surface area contributed by atoms with Crippen LogP contribution in [0.25, 0.3) is 16.9 Å². The van der Waals surface area contributed by atoms with Gasteiger partial charge in [-0.15, -0.1) is 0 Å². The van der Waals surface area contributed by atoms with Crippen LogP contribution in [0.1, 0.15) is 42.2 Å². The standard InChI is InChI=1S/C28H28FN5O3/c1-3-4-17(2)28(36)33-14-13-19(16-33)23-15-31-34-25(26(30)35)24(32-27(23)34)18-5-9-21(10-6-18)37-22-11-7-20(29)8-12-22/h3-12,15,17,19,31H,13-14,16H2,1-2H3,(H2,30,35)/b4-3+. The molecule has 1 fully saturated rings. The number of amides is 2. The maximum Gasteiger partial charge on any atom is 0.269 e. The first-order chi connectivity index (χ1) is 17.9. The van der Waals surface area contributed by atoms with Crippen molar-refractivity contribution < 1.29 is 18.7 Å². The number of carbonyl (C=O) groups is 2. The van der Waals surface area contributed by atoms with Crippen LogP contribution in [-0.2, 0) is 4.79 Å². The van der Waals surface area contributed by atoms with Gasteiger partial charge in [-0.1, -0.05) is 19.1 Å². The van der Waals surface area contributed by atoms with Crippen molar-refractivity contribution in [3.05, 3.63) is 84.0 Å². The zero-order valence-corrected chi connectivity index (χ0v) is 20.6. The Balaban J connectivity index is 1.41. The van der Waals surface area contributed by atoms with E-state index < -0.39 is 5.91 Å². The molecule has 4 aromatic rings. The number of carbonyl (C=O) groups excluding carboxylic acids is 2. The van der Waals surface area contributed by atoms with E-state index in [1.807, 2.05) is 37.1 Å². The Kier molecular flexibility index (Phi) is 6.52. The maximum atomic E-state index is 13.1. The highest BCUT2D eigenvalue weighted by Gasteiger charge is 2.32. The smallest absolute Gasteiger partial charge is 0.269 e. The topological polar surface area (TPSA) is 106 Å². The van der Waals surface area contributed by atoms with Crippen LogP contribution >= 0.6 is 0 Å². The molecule has 2 aromatic carbocycles. The Morgan fingerprint density at radius 3 is 2.49 bits per heavy atom.